The van der Waals surface area contributed by atoms with Crippen LogP contribution in [-0.2, 0) is 9.53 Å². The third-order valence-corrected chi connectivity index (χ3v) is 5.01. The average Bonchev–Trinajstić information content (AvgIpc) is 2.52. The maximum atomic E-state index is 12.3. The molecule has 3 atom stereocenters. The highest BCUT2D eigenvalue weighted by Crippen LogP contribution is 2.40. The fourth-order valence-corrected chi connectivity index (χ4v) is 3.63. The molecule has 0 aromatic heterocycles. The van der Waals surface area contributed by atoms with Crippen LogP contribution < -0.4 is 0 Å². The van der Waals surface area contributed by atoms with Crippen molar-refractivity contribution in [3.63, 3.8) is 0 Å². The summed E-state index contributed by atoms with van der Waals surface area (Å²) in [5, 5.41) is 0. The SMILES string of the molecule is C=C1CC/C=C(\C)CC[C@@H]2[C@@H]1COC(=O)[C@@H]2C/C=C/C(C)C. The van der Waals surface area contributed by atoms with Crippen molar-refractivity contribution in [1.82, 2.24) is 0 Å². The summed E-state index contributed by atoms with van der Waals surface area (Å²) in [4.78, 5) is 12.3. The van der Waals surface area contributed by atoms with E-state index in [0.717, 1.165) is 32.1 Å². The van der Waals surface area contributed by atoms with Gasteiger partial charge in [0.05, 0.1) is 12.5 Å². The fourth-order valence-electron chi connectivity index (χ4n) is 3.63. The number of carbonyl (C=O) groups excluding carboxylic acids is 1. The van der Waals surface area contributed by atoms with Gasteiger partial charge in [0.1, 0.15) is 0 Å². The summed E-state index contributed by atoms with van der Waals surface area (Å²) in [5.74, 6) is 1.23. The molecule has 0 aromatic rings. The van der Waals surface area contributed by atoms with Crippen molar-refractivity contribution < 1.29 is 9.53 Å². The molecule has 1 aliphatic heterocycles. The summed E-state index contributed by atoms with van der Waals surface area (Å²) in [5.41, 5.74) is 2.71. The highest BCUT2D eigenvalue weighted by molar-refractivity contribution is 5.74. The molecule has 1 saturated heterocycles. The maximum absolute atomic E-state index is 12.3. The van der Waals surface area contributed by atoms with Gasteiger partial charge in [-0.25, -0.2) is 0 Å². The zero-order valence-electron chi connectivity index (χ0n) is 14.3. The Bertz CT molecular complexity index is 470. The lowest BCUT2D eigenvalue weighted by atomic mass is 9.72. The molecule has 0 spiro atoms. The standard InChI is InChI=1S/C20H30O2/c1-14(2)7-5-10-18-17-12-11-15(3)8-6-9-16(4)19(17)13-22-20(18)21/h5,7-8,14,17-19H,4,6,9-13H2,1-3H3/b7-5+,15-8+/t17-,18+,19+/m0/s1. The predicted octanol–water partition coefficient (Wildman–Crippen LogP) is 5.07. The molecule has 1 heterocycles. The average molecular weight is 302 g/mol. The largest absolute Gasteiger partial charge is 0.465 e. The van der Waals surface area contributed by atoms with E-state index in [1.165, 1.54) is 11.1 Å². The molecule has 0 saturated carbocycles. The second kappa shape index (κ2) is 7.80. The number of ether oxygens (including phenoxy) is 1. The molecule has 2 aliphatic rings. The summed E-state index contributed by atoms with van der Waals surface area (Å²) in [6, 6.07) is 0. The molecule has 0 radical (unpaired) electrons. The highest BCUT2D eigenvalue weighted by Gasteiger charge is 2.40. The zero-order chi connectivity index (χ0) is 16.1. The highest BCUT2D eigenvalue weighted by atomic mass is 16.5. The van der Waals surface area contributed by atoms with Crippen LogP contribution in [0.15, 0.2) is 36.0 Å². The second-order valence-corrected chi connectivity index (χ2v) is 7.20. The minimum Gasteiger partial charge on any atom is -0.465 e. The molecule has 0 unspecified atom stereocenters. The van der Waals surface area contributed by atoms with Gasteiger partial charge in [0.25, 0.3) is 0 Å². The molecule has 1 fully saturated rings. The molecule has 122 valence electrons. The van der Waals surface area contributed by atoms with Crippen molar-refractivity contribution >= 4 is 5.97 Å². The third kappa shape index (κ3) is 4.34. The minimum absolute atomic E-state index is 0.00333. The smallest absolute Gasteiger partial charge is 0.309 e. The van der Waals surface area contributed by atoms with E-state index in [2.05, 4.69) is 45.6 Å². The van der Waals surface area contributed by atoms with Gasteiger partial charge in [-0.15, -0.1) is 0 Å². The Labute approximate surface area is 135 Å². The van der Waals surface area contributed by atoms with Crippen LogP contribution in [0.5, 0.6) is 0 Å². The van der Waals surface area contributed by atoms with E-state index in [1.54, 1.807) is 0 Å². The lowest BCUT2D eigenvalue weighted by Crippen LogP contribution is -2.40. The van der Waals surface area contributed by atoms with Crippen molar-refractivity contribution in [2.75, 3.05) is 6.61 Å². The Morgan fingerprint density at radius 2 is 2.18 bits per heavy atom. The van der Waals surface area contributed by atoms with Gasteiger partial charge in [0.15, 0.2) is 0 Å². The predicted molar refractivity (Wildman–Crippen MR) is 91.4 cm³/mol. The van der Waals surface area contributed by atoms with Gasteiger partial charge in [-0.3, -0.25) is 4.79 Å². The molecule has 0 amide bonds. The Kier molecular flexibility index (Phi) is 6.05. The first kappa shape index (κ1) is 17.1. The Hall–Kier alpha value is -1.31. The molecule has 0 bridgehead atoms. The molecule has 2 heteroatoms. The molecule has 0 N–H and O–H groups in total. The summed E-state index contributed by atoms with van der Waals surface area (Å²) in [7, 11) is 0. The van der Waals surface area contributed by atoms with Crippen LogP contribution in [0.4, 0.5) is 0 Å². The van der Waals surface area contributed by atoms with Gasteiger partial charge in [0.2, 0.25) is 0 Å². The number of allylic oxidation sites excluding steroid dienone is 4. The summed E-state index contributed by atoms with van der Waals surface area (Å²) >= 11 is 0. The number of hydrogen-bond donors (Lipinski definition) is 0. The van der Waals surface area contributed by atoms with Crippen molar-refractivity contribution in [3.8, 4) is 0 Å². The number of esters is 1. The minimum atomic E-state index is -0.0108. The molecular formula is C20H30O2. The number of fused-ring (bicyclic) bond motifs is 1. The normalized spacial score (nSPS) is 32.7. The first-order valence-electron chi connectivity index (χ1n) is 8.65. The van der Waals surface area contributed by atoms with Crippen LogP contribution in [0.2, 0.25) is 0 Å². The Balaban J connectivity index is 2.17. The van der Waals surface area contributed by atoms with Gasteiger partial charge < -0.3 is 4.74 Å². The number of rotatable bonds is 3. The van der Waals surface area contributed by atoms with Crippen molar-refractivity contribution in [2.24, 2.45) is 23.7 Å². The molecular weight excluding hydrogens is 272 g/mol. The van der Waals surface area contributed by atoms with Crippen LogP contribution in [-0.4, -0.2) is 12.6 Å². The maximum Gasteiger partial charge on any atom is 0.309 e. The number of hydrogen-bond acceptors (Lipinski definition) is 2. The zero-order valence-corrected chi connectivity index (χ0v) is 14.3. The monoisotopic (exact) mass is 302 g/mol. The van der Waals surface area contributed by atoms with E-state index in [1.807, 2.05) is 0 Å². The van der Waals surface area contributed by atoms with E-state index >= 15 is 0 Å². The first-order chi connectivity index (χ1) is 10.5. The summed E-state index contributed by atoms with van der Waals surface area (Å²) in [6.45, 7) is 11.4. The molecule has 1 aliphatic carbocycles. The van der Waals surface area contributed by atoms with Gasteiger partial charge in [-0.05, 0) is 50.9 Å². The van der Waals surface area contributed by atoms with Crippen LogP contribution in [0, 0.1) is 23.7 Å². The first-order valence-corrected chi connectivity index (χ1v) is 8.65. The van der Waals surface area contributed by atoms with Gasteiger partial charge in [-0.1, -0.05) is 49.8 Å². The molecule has 2 rings (SSSR count). The fraction of sp³-hybridized carbons (Fsp3) is 0.650. The second-order valence-electron chi connectivity index (χ2n) is 7.20. The van der Waals surface area contributed by atoms with Gasteiger partial charge in [0, 0.05) is 5.92 Å². The lowest BCUT2D eigenvalue weighted by Gasteiger charge is -2.37. The topological polar surface area (TPSA) is 26.3 Å². The van der Waals surface area contributed by atoms with Crippen molar-refractivity contribution in [3.05, 3.63) is 36.0 Å². The van der Waals surface area contributed by atoms with Crippen LogP contribution >= 0.6 is 0 Å². The third-order valence-electron chi connectivity index (χ3n) is 5.01. The van der Waals surface area contributed by atoms with Gasteiger partial charge >= 0.3 is 5.97 Å². The van der Waals surface area contributed by atoms with Crippen molar-refractivity contribution in [1.29, 1.82) is 0 Å². The quantitative estimate of drug-likeness (QED) is 0.537. The van der Waals surface area contributed by atoms with E-state index in [4.69, 9.17) is 4.74 Å². The van der Waals surface area contributed by atoms with Crippen LogP contribution in [0.3, 0.4) is 0 Å². The van der Waals surface area contributed by atoms with Crippen LogP contribution in [0.1, 0.15) is 52.9 Å². The summed E-state index contributed by atoms with van der Waals surface area (Å²) < 4.78 is 5.50. The van der Waals surface area contributed by atoms with E-state index in [-0.39, 0.29) is 11.9 Å². The summed E-state index contributed by atoms with van der Waals surface area (Å²) in [6.07, 6.45) is 11.7. The molecule has 22 heavy (non-hydrogen) atoms. The number of cyclic esters (lactones) is 1. The van der Waals surface area contributed by atoms with E-state index in [0.29, 0.717) is 24.4 Å². The molecule has 2 nitrogen and oxygen atoms in total. The Morgan fingerprint density at radius 1 is 1.41 bits per heavy atom. The van der Waals surface area contributed by atoms with Crippen LogP contribution in [0.25, 0.3) is 0 Å². The Morgan fingerprint density at radius 3 is 2.91 bits per heavy atom. The molecule has 0 aromatic carbocycles. The van der Waals surface area contributed by atoms with Crippen molar-refractivity contribution in [2.45, 2.75) is 52.9 Å². The lowest BCUT2D eigenvalue weighted by molar-refractivity contribution is -0.160. The van der Waals surface area contributed by atoms with E-state index < -0.39 is 0 Å². The van der Waals surface area contributed by atoms with Gasteiger partial charge in [-0.2, -0.15) is 0 Å². The van der Waals surface area contributed by atoms with E-state index in [9.17, 15) is 4.79 Å². The number of carbonyl (C=O) groups is 1.